The number of nitrogens with two attached hydrogens (primary N) is 1. The Kier molecular flexibility index (Phi) is 6.52. The predicted octanol–water partition coefficient (Wildman–Crippen LogP) is 4.86. The molecule has 1 aliphatic rings. The van der Waals surface area contributed by atoms with Crippen molar-refractivity contribution in [2.75, 3.05) is 18.8 Å². The van der Waals surface area contributed by atoms with Crippen LogP contribution in [-0.4, -0.2) is 24.0 Å². The van der Waals surface area contributed by atoms with E-state index < -0.39 is 0 Å². The maximum Gasteiger partial charge on any atom is 0.0349 e. The first-order valence-electron chi connectivity index (χ1n) is 9.92. The molecule has 3 rings (SSSR count). The fourth-order valence-electron chi connectivity index (χ4n) is 4.18. The van der Waals surface area contributed by atoms with E-state index in [-0.39, 0.29) is 0 Å². The van der Waals surface area contributed by atoms with Gasteiger partial charge in [-0.25, -0.2) is 0 Å². The van der Waals surface area contributed by atoms with Crippen LogP contribution in [0.4, 0.5) is 5.69 Å². The lowest BCUT2D eigenvalue weighted by Crippen LogP contribution is -2.40. The number of anilines is 1. The van der Waals surface area contributed by atoms with Crippen LogP contribution in [0.1, 0.15) is 49.3 Å². The van der Waals surface area contributed by atoms with Crippen molar-refractivity contribution in [3.05, 3.63) is 65.2 Å². The Labute approximate surface area is 153 Å². The molecule has 0 saturated carbocycles. The second-order valence-electron chi connectivity index (χ2n) is 7.36. The lowest BCUT2D eigenvalue weighted by Gasteiger charge is -2.35. The van der Waals surface area contributed by atoms with Gasteiger partial charge in [0.25, 0.3) is 0 Å². The van der Waals surface area contributed by atoms with Gasteiger partial charge >= 0.3 is 0 Å². The molecule has 0 saturated heterocycles. The number of rotatable bonds is 8. The molecule has 25 heavy (non-hydrogen) atoms. The molecule has 2 aromatic rings. The molecule has 0 heterocycles. The second-order valence-corrected chi connectivity index (χ2v) is 7.36. The van der Waals surface area contributed by atoms with Gasteiger partial charge < -0.3 is 10.6 Å². The molecule has 2 aromatic carbocycles. The first-order chi connectivity index (χ1) is 12.3. The average molecular weight is 337 g/mol. The van der Waals surface area contributed by atoms with Crippen LogP contribution < -0.4 is 5.73 Å². The fourth-order valence-corrected chi connectivity index (χ4v) is 4.18. The van der Waals surface area contributed by atoms with E-state index in [0.717, 1.165) is 12.1 Å². The van der Waals surface area contributed by atoms with Gasteiger partial charge in [0.15, 0.2) is 0 Å². The summed E-state index contributed by atoms with van der Waals surface area (Å²) in [5.41, 5.74) is 11.5. The monoisotopic (exact) mass is 336 g/mol. The first-order valence-corrected chi connectivity index (χ1v) is 9.92. The molecule has 0 radical (unpaired) electrons. The van der Waals surface area contributed by atoms with Gasteiger partial charge in [-0.2, -0.15) is 0 Å². The van der Waals surface area contributed by atoms with Crippen molar-refractivity contribution in [1.29, 1.82) is 0 Å². The van der Waals surface area contributed by atoms with Gasteiger partial charge in [-0.3, -0.25) is 0 Å². The minimum absolute atomic E-state index is 0.686. The minimum atomic E-state index is 0.686. The largest absolute Gasteiger partial charge is 0.398 e. The van der Waals surface area contributed by atoms with E-state index in [0.29, 0.717) is 6.04 Å². The third kappa shape index (κ3) is 4.85. The van der Waals surface area contributed by atoms with E-state index in [1.807, 2.05) is 6.07 Å². The van der Waals surface area contributed by atoms with E-state index in [9.17, 15) is 0 Å². The Morgan fingerprint density at radius 3 is 2.64 bits per heavy atom. The van der Waals surface area contributed by atoms with Crippen LogP contribution in [0.5, 0.6) is 0 Å². The zero-order chi connectivity index (χ0) is 17.5. The highest BCUT2D eigenvalue weighted by Gasteiger charge is 2.24. The Bertz CT molecular complexity index is 650. The summed E-state index contributed by atoms with van der Waals surface area (Å²) in [5.74, 6) is 0. The highest BCUT2D eigenvalue weighted by molar-refractivity contribution is 5.52. The van der Waals surface area contributed by atoms with Crippen molar-refractivity contribution in [2.24, 2.45) is 0 Å². The van der Waals surface area contributed by atoms with E-state index in [2.05, 4.69) is 54.3 Å². The van der Waals surface area contributed by atoms with Gasteiger partial charge in [-0.1, -0.05) is 49.4 Å². The molecule has 134 valence electrons. The normalized spacial score (nSPS) is 16.8. The Balaban J connectivity index is 1.52. The number of nitrogen functional groups attached to an aromatic ring is 1. The molecule has 0 fully saturated rings. The molecule has 0 aliphatic heterocycles. The summed E-state index contributed by atoms with van der Waals surface area (Å²) < 4.78 is 0. The molecule has 0 aromatic heterocycles. The predicted molar refractivity (Wildman–Crippen MR) is 108 cm³/mol. The van der Waals surface area contributed by atoms with Crippen molar-refractivity contribution in [3.8, 4) is 0 Å². The number of aryl methyl sites for hydroxylation is 1. The molecule has 2 heteroatoms. The zero-order valence-electron chi connectivity index (χ0n) is 15.6. The van der Waals surface area contributed by atoms with E-state index in [1.165, 1.54) is 68.3 Å². The summed E-state index contributed by atoms with van der Waals surface area (Å²) >= 11 is 0. The lowest BCUT2D eigenvalue weighted by molar-refractivity contribution is 0.176. The number of fused-ring (bicyclic) bond motifs is 1. The standard InChI is InChI=1S/C23H32N2/c1-2-16-25(17-7-6-11-19-9-4-3-5-10-19)21-14-15-22-20(18-21)12-8-13-23(22)24/h3-5,8-10,12-13,21H,2,6-7,11,14-18,24H2,1H3. The zero-order valence-corrected chi connectivity index (χ0v) is 15.6. The first kappa shape index (κ1) is 18.0. The molecular weight excluding hydrogens is 304 g/mol. The Morgan fingerprint density at radius 2 is 1.84 bits per heavy atom. The highest BCUT2D eigenvalue weighted by atomic mass is 15.1. The number of nitrogens with zero attached hydrogens (tertiary/aromatic N) is 1. The lowest BCUT2D eigenvalue weighted by atomic mass is 9.86. The molecule has 1 unspecified atom stereocenters. The van der Waals surface area contributed by atoms with Crippen molar-refractivity contribution >= 4 is 5.69 Å². The van der Waals surface area contributed by atoms with Gasteiger partial charge in [0.05, 0.1) is 0 Å². The van der Waals surface area contributed by atoms with E-state index in [1.54, 1.807) is 0 Å². The van der Waals surface area contributed by atoms with Crippen LogP contribution in [-0.2, 0) is 19.3 Å². The van der Waals surface area contributed by atoms with Crippen LogP contribution in [0, 0.1) is 0 Å². The Morgan fingerprint density at radius 1 is 1.00 bits per heavy atom. The molecule has 0 amide bonds. The van der Waals surface area contributed by atoms with Crippen LogP contribution in [0.2, 0.25) is 0 Å². The van der Waals surface area contributed by atoms with E-state index in [4.69, 9.17) is 5.73 Å². The van der Waals surface area contributed by atoms with Gasteiger partial charge in [0, 0.05) is 11.7 Å². The van der Waals surface area contributed by atoms with Crippen LogP contribution >= 0.6 is 0 Å². The quantitative estimate of drug-likeness (QED) is 0.551. The summed E-state index contributed by atoms with van der Waals surface area (Å²) in [6.07, 6.45) is 8.55. The maximum atomic E-state index is 6.16. The number of hydrogen-bond donors (Lipinski definition) is 1. The third-order valence-corrected chi connectivity index (χ3v) is 5.52. The summed E-state index contributed by atoms with van der Waals surface area (Å²) in [6.45, 7) is 4.74. The molecule has 1 aliphatic carbocycles. The summed E-state index contributed by atoms with van der Waals surface area (Å²) in [4.78, 5) is 2.73. The van der Waals surface area contributed by atoms with Crippen molar-refractivity contribution < 1.29 is 0 Å². The van der Waals surface area contributed by atoms with Crippen molar-refractivity contribution in [2.45, 2.75) is 57.9 Å². The molecule has 1 atom stereocenters. The molecule has 2 N–H and O–H groups in total. The average Bonchev–Trinajstić information content (AvgIpc) is 2.65. The third-order valence-electron chi connectivity index (χ3n) is 5.52. The summed E-state index contributed by atoms with van der Waals surface area (Å²) in [6, 6.07) is 18.0. The number of unbranched alkanes of at least 4 members (excludes halogenated alkanes) is 1. The van der Waals surface area contributed by atoms with E-state index >= 15 is 0 Å². The van der Waals surface area contributed by atoms with Crippen LogP contribution in [0.15, 0.2) is 48.5 Å². The highest BCUT2D eigenvalue weighted by Crippen LogP contribution is 2.28. The van der Waals surface area contributed by atoms with Gasteiger partial charge in [0.2, 0.25) is 0 Å². The molecule has 0 spiro atoms. The van der Waals surface area contributed by atoms with Gasteiger partial charge in [-0.15, -0.1) is 0 Å². The fraction of sp³-hybridized carbons (Fsp3) is 0.478. The second kappa shape index (κ2) is 9.05. The van der Waals surface area contributed by atoms with Crippen LogP contribution in [0.25, 0.3) is 0 Å². The number of benzene rings is 2. The smallest absolute Gasteiger partial charge is 0.0349 e. The maximum absolute atomic E-state index is 6.16. The SMILES string of the molecule is CCCN(CCCCc1ccccc1)C1CCc2c(N)cccc2C1. The number of hydrogen-bond acceptors (Lipinski definition) is 2. The van der Waals surface area contributed by atoms with Crippen LogP contribution in [0.3, 0.4) is 0 Å². The van der Waals surface area contributed by atoms with Crippen molar-refractivity contribution in [1.82, 2.24) is 4.90 Å². The molecule has 0 bridgehead atoms. The summed E-state index contributed by atoms with van der Waals surface area (Å²) in [7, 11) is 0. The van der Waals surface area contributed by atoms with Gasteiger partial charge in [0.1, 0.15) is 0 Å². The molecular formula is C23H32N2. The molecule has 2 nitrogen and oxygen atoms in total. The Hall–Kier alpha value is -1.80. The topological polar surface area (TPSA) is 29.3 Å². The van der Waals surface area contributed by atoms with Gasteiger partial charge in [-0.05, 0) is 80.8 Å². The summed E-state index contributed by atoms with van der Waals surface area (Å²) in [5, 5.41) is 0. The minimum Gasteiger partial charge on any atom is -0.398 e. The van der Waals surface area contributed by atoms with Crippen molar-refractivity contribution in [3.63, 3.8) is 0 Å².